The van der Waals surface area contributed by atoms with Crippen molar-refractivity contribution in [1.82, 2.24) is 0 Å². The van der Waals surface area contributed by atoms with Crippen LogP contribution in [0.5, 0.6) is 0 Å². The molecule has 0 aliphatic carbocycles. The second kappa shape index (κ2) is 6.03. The summed E-state index contributed by atoms with van der Waals surface area (Å²) < 4.78 is 0. The highest BCUT2D eigenvalue weighted by atomic mass is 16.6. The average Bonchev–Trinajstić information content (AvgIpc) is 2.37. The Kier molecular flexibility index (Phi) is 4.44. The normalized spacial score (nSPS) is 9.16. The monoisotopic (exact) mass is 259 g/mol. The third kappa shape index (κ3) is 3.45. The number of terminal acetylenes is 1. The first-order chi connectivity index (χ1) is 8.99. The van der Waals surface area contributed by atoms with E-state index in [9.17, 15) is 14.9 Å². The minimum Gasteiger partial charge on any atom is -0.480 e. The van der Waals surface area contributed by atoms with Crippen molar-refractivity contribution in [3.63, 3.8) is 0 Å². The summed E-state index contributed by atoms with van der Waals surface area (Å²) in [7, 11) is 0. The van der Waals surface area contributed by atoms with E-state index in [0.717, 1.165) is 6.07 Å². The zero-order valence-electron chi connectivity index (χ0n) is 9.74. The molecule has 0 radical (unpaired) electrons. The quantitative estimate of drug-likeness (QED) is 0.480. The van der Waals surface area contributed by atoms with Crippen LogP contribution in [0.2, 0.25) is 0 Å². The van der Waals surface area contributed by atoms with E-state index in [1.807, 2.05) is 0 Å². The van der Waals surface area contributed by atoms with E-state index in [1.54, 1.807) is 6.07 Å². The zero-order chi connectivity index (χ0) is 14.4. The highest BCUT2D eigenvalue weighted by molar-refractivity contribution is 5.77. The maximum absolute atomic E-state index is 11.0. The minimum absolute atomic E-state index is 0.0735. The Labute approximate surface area is 108 Å². The van der Waals surface area contributed by atoms with Gasteiger partial charge in [0, 0.05) is 6.07 Å². The van der Waals surface area contributed by atoms with Gasteiger partial charge in [0.1, 0.15) is 12.2 Å². The topological polar surface area (TPSA) is 107 Å². The van der Waals surface area contributed by atoms with Crippen LogP contribution in [0.3, 0.4) is 0 Å². The SMILES string of the molecule is C#CCN(CC(=O)O)c1ccc(C#N)cc1[N+](=O)[O-]. The van der Waals surface area contributed by atoms with Gasteiger partial charge in [0.25, 0.3) is 5.69 Å². The molecule has 0 atom stereocenters. The first-order valence-electron chi connectivity index (χ1n) is 5.08. The molecule has 1 aromatic rings. The predicted octanol–water partition coefficient (Wildman–Crippen LogP) is 0.991. The second-order valence-corrected chi connectivity index (χ2v) is 3.53. The van der Waals surface area contributed by atoms with E-state index in [0.29, 0.717) is 0 Å². The van der Waals surface area contributed by atoms with E-state index >= 15 is 0 Å². The summed E-state index contributed by atoms with van der Waals surface area (Å²) in [5, 5.41) is 28.4. The number of anilines is 1. The standard InChI is InChI=1S/C12H9N3O4/c1-2-5-14(8-12(16)17)10-4-3-9(7-13)6-11(10)15(18)19/h1,3-4,6H,5,8H2,(H,16,17). The third-order valence-electron chi connectivity index (χ3n) is 2.25. The number of hydrogen-bond donors (Lipinski definition) is 1. The van der Waals surface area contributed by atoms with Crippen LogP contribution in [-0.4, -0.2) is 29.1 Å². The number of nitrogens with zero attached hydrogens (tertiary/aromatic N) is 3. The van der Waals surface area contributed by atoms with Crippen molar-refractivity contribution in [2.24, 2.45) is 0 Å². The van der Waals surface area contributed by atoms with Crippen molar-refractivity contribution in [2.75, 3.05) is 18.0 Å². The van der Waals surface area contributed by atoms with Crippen molar-refractivity contribution in [3.8, 4) is 18.4 Å². The van der Waals surface area contributed by atoms with Crippen LogP contribution >= 0.6 is 0 Å². The number of hydrogen-bond acceptors (Lipinski definition) is 5. The van der Waals surface area contributed by atoms with Crippen molar-refractivity contribution < 1.29 is 14.8 Å². The van der Waals surface area contributed by atoms with Gasteiger partial charge >= 0.3 is 5.97 Å². The van der Waals surface area contributed by atoms with Crippen molar-refractivity contribution in [1.29, 1.82) is 5.26 Å². The molecule has 1 aromatic carbocycles. The van der Waals surface area contributed by atoms with Crippen molar-refractivity contribution >= 4 is 17.3 Å². The number of aliphatic carboxylic acids is 1. The molecule has 0 bridgehead atoms. The first kappa shape index (κ1) is 14.0. The number of carboxylic acid groups (broad SMARTS) is 1. The van der Waals surface area contributed by atoms with Crippen molar-refractivity contribution in [2.45, 2.75) is 0 Å². The number of benzene rings is 1. The van der Waals surface area contributed by atoms with Gasteiger partial charge in [0.05, 0.1) is 23.1 Å². The molecule has 1 rings (SSSR count). The number of nitro groups is 1. The summed E-state index contributed by atoms with van der Waals surface area (Å²) in [5.74, 6) is 1.08. The molecule has 0 heterocycles. The van der Waals surface area contributed by atoms with Gasteiger partial charge in [-0.1, -0.05) is 5.92 Å². The molecule has 7 heteroatoms. The molecule has 0 saturated heterocycles. The van der Waals surface area contributed by atoms with Crippen LogP contribution in [0, 0.1) is 33.8 Å². The molecule has 0 aromatic heterocycles. The Morgan fingerprint density at radius 3 is 2.74 bits per heavy atom. The summed E-state index contributed by atoms with van der Waals surface area (Å²) in [6, 6.07) is 5.55. The summed E-state index contributed by atoms with van der Waals surface area (Å²) in [6.45, 7) is -0.546. The highest BCUT2D eigenvalue weighted by Gasteiger charge is 2.21. The second-order valence-electron chi connectivity index (χ2n) is 3.53. The van der Waals surface area contributed by atoms with Crippen LogP contribution in [0.1, 0.15) is 5.56 Å². The maximum Gasteiger partial charge on any atom is 0.323 e. The largest absolute Gasteiger partial charge is 0.480 e. The molecule has 0 saturated carbocycles. The lowest BCUT2D eigenvalue weighted by molar-refractivity contribution is -0.384. The molecule has 0 spiro atoms. The zero-order valence-corrected chi connectivity index (χ0v) is 9.74. The predicted molar refractivity (Wildman–Crippen MR) is 66.5 cm³/mol. The summed E-state index contributed by atoms with van der Waals surface area (Å²) in [6.07, 6.45) is 5.12. The smallest absolute Gasteiger partial charge is 0.323 e. The summed E-state index contributed by atoms with van der Waals surface area (Å²) in [4.78, 5) is 22.2. The van der Waals surface area contributed by atoms with Crippen LogP contribution in [0.4, 0.5) is 11.4 Å². The lowest BCUT2D eigenvalue weighted by Gasteiger charge is -2.19. The van der Waals surface area contributed by atoms with E-state index in [4.69, 9.17) is 16.8 Å². The Hall–Kier alpha value is -3.06. The molecule has 19 heavy (non-hydrogen) atoms. The fourth-order valence-electron chi connectivity index (χ4n) is 1.51. The molecule has 0 amide bonds. The lowest BCUT2D eigenvalue weighted by Crippen LogP contribution is -2.30. The summed E-state index contributed by atoms with van der Waals surface area (Å²) >= 11 is 0. The van der Waals surface area contributed by atoms with E-state index < -0.39 is 17.4 Å². The fraction of sp³-hybridized carbons (Fsp3) is 0.167. The molecule has 1 N–H and O–H groups in total. The van der Waals surface area contributed by atoms with Gasteiger partial charge in [-0.25, -0.2) is 0 Å². The Morgan fingerprint density at radius 1 is 1.58 bits per heavy atom. The van der Waals surface area contributed by atoms with Crippen LogP contribution in [-0.2, 0) is 4.79 Å². The van der Waals surface area contributed by atoms with Crippen LogP contribution in [0.25, 0.3) is 0 Å². The van der Waals surface area contributed by atoms with E-state index in [2.05, 4.69) is 5.92 Å². The number of nitro benzene ring substituents is 1. The number of carboxylic acids is 1. The number of rotatable bonds is 5. The summed E-state index contributed by atoms with van der Waals surface area (Å²) in [5.41, 5.74) is -0.161. The van der Waals surface area contributed by atoms with Crippen LogP contribution in [0.15, 0.2) is 18.2 Å². The minimum atomic E-state index is -1.16. The van der Waals surface area contributed by atoms with Gasteiger partial charge in [-0.3, -0.25) is 14.9 Å². The third-order valence-corrected chi connectivity index (χ3v) is 2.25. The fourth-order valence-corrected chi connectivity index (χ4v) is 1.51. The van der Waals surface area contributed by atoms with Crippen LogP contribution < -0.4 is 4.90 Å². The maximum atomic E-state index is 11.0. The number of carbonyl (C=O) groups is 1. The molecule has 0 fully saturated rings. The van der Waals surface area contributed by atoms with Gasteiger partial charge < -0.3 is 10.0 Å². The Bertz CT molecular complexity index is 598. The molecule has 0 aliphatic heterocycles. The average molecular weight is 259 g/mol. The number of nitriles is 1. The first-order valence-corrected chi connectivity index (χ1v) is 5.08. The van der Waals surface area contributed by atoms with Gasteiger partial charge in [-0.2, -0.15) is 5.26 Å². The van der Waals surface area contributed by atoms with Gasteiger partial charge in [-0.05, 0) is 12.1 Å². The Balaban J connectivity index is 3.30. The van der Waals surface area contributed by atoms with Gasteiger partial charge in [0.15, 0.2) is 0 Å². The van der Waals surface area contributed by atoms with Crippen molar-refractivity contribution in [3.05, 3.63) is 33.9 Å². The van der Waals surface area contributed by atoms with Gasteiger partial charge in [0.2, 0.25) is 0 Å². The highest BCUT2D eigenvalue weighted by Crippen LogP contribution is 2.28. The molecule has 7 nitrogen and oxygen atoms in total. The molecule has 0 aliphatic rings. The van der Waals surface area contributed by atoms with E-state index in [1.165, 1.54) is 17.0 Å². The Morgan fingerprint density at radius 2 is 2.26 bits per heavy atom. The molecular formula is C12H9N3O4. The molecule has 96 valence electrons. The lowest BCUT2D eigenvalue weighted by atomic mass is 10.1. The van der Waals surface area contributed by atoms with Gasteiger partial charge in [-0.15, -0.1) is 6.42 Å². The molecular weight excluding hydrogens is 250 g/mol. The molecule has 0 unspecified atom stereocenters. The van der Waals surface area contributed by atoms with E-state index in [-0.39, 0.29) is 23.5 Å².